The second-order valence-electron chi connectivity index (χ2n) is 5.18. The molecule has 1 heterocycles. The van der Waals surface area contributed by atoms with E-state index in [1.807, 2.05) is 38.7 Å². The molecule has 108 valence electrons. The first-order valence-electron chi connectivity index (χ1n) is 6.85. The molecule has 1 aromatic rings. The van der Waals surface area contributed by atoms with Gasteiger partial charge < -0.3 is 9.42 Å². The fourth-order valence-electron chi connectivity index (χ4n) is 2.02. The molecule has 0 fully saturated rings. The third kappa shape index (κ3) is 4.90. The van der Waals surface area contributed by atoms with Gasteiger partial charge in [-0.25, -0.2) is 0 Å². The van der Waals surface area contributed by atoms with E-state index in [1.165, 1.54) is 11.8 Å². The first-order chi connectivity index (χ1) is 8.95. The van der Waals surface area contributed by atoms with E-state index in [9.17, 15) is 4.79 Å². The zero-order valence-electron chi connectivity index (χ0n) is 12.5. The Balaban J connectivity index is 2.52. The normalized spacial score (nSPS) is 11.3. The Morgan fingerprint density at radius 1 is 1.37 bits per heavy atom. The molecule has 0 aliphatic heterocycles. The minimum Gasteiger partial charge on any atom is -0.360 e. The summed E-state index contributed by atoms with van der Waals surface area (Å²) in [6, 6.07) is 2.37. The van der Waals surface area contributed by atoms with E-state index in [4.69, 9.17) is 4.52 Å². The van der Waals surface area contributed by atoms with Crippen LogP contribution in [-0.4, -0.2) is 27.4 Å². The number of carbonyl (C=O) groups excluding carboxylic acids is 1. The Morgan fingerprint density at radius 2 is 2.00 bits per heavy atom. The van der Waals surface area contributed by atoms with Crippen molar-refractivity contribution < 1.29 is 9.32 Å². The number of thioether (sulfide) groups is 1. The number of aryl methyl sites for hydroxylation is 1. The molecule has 4 nitrogen and oxygen atoms in total. The van der Waals surface area contributed by atoms with Crippen LogP contribution in [0.4, 0.5) is 4.79 Å². The molecule has 0 bridgehead atoms. The predicted octanol–water partition coefficient (Wildman–Crippen LogP) is 4.10. The van der Waals surface area contributed by atoms with Crippen molar-refractivity contribution in [2.75, 3.05) is 0 Å². The number of hydrogen-bond acceptors (Lipinski definition) is 4. The molecular formula is C14H24N2O2S. The molecular weight excluding hydrogens is 260 g/mol. The standard InChI is InChI=1S/C14H24N2O2S/c1-6-7-12-8-13(18-15-12)9-19-14(17)16(10(2)3)11(4)5/h8,10-11H,6-7,9H2,1-5H3. The van der Waals surface area contributed by atoms with Gasteiger partial charge in [-0.05, 0) is 34.1 Å². The van der Waals surface area contributed by atoms with Crippen LogP contribution in [0.2, 0.25) is 0 Å². The summed E-state index contributed by atoms with van der Waals surface area (Å²) in [4.78, 5) is 14.0. The fourth-order valence-corrected chi connectivity index (χ4v) is 3.00. The first-order valence-corrected chi connectivity index (χ1v) is 7.83. The molecule has 0 unspecified atom stereocenters. The molecule has 0 aliphatic carbocycles. The van der Waals surface area contributed by atoms with Crippen molar-refractivity contribution >= 4 is 17.0 Å². The molecule has 0 saturated carbocycles. The van der Waals surface area contributed by atoms with Crippen LogP contribution >= 0.6 is 11.8 Å². The van der Waals surface area contributed by atoms with Gasteiger partial charge in [-0.3, -0.25) is 4.79 Å². The molecule has 0 N–H and O–H groups in total. The summed E-state index contributed by atoms with van der Waals surface area (Å²) in [7, 11) is 0. The lowest BCUT2D eigenvalue weighted by molar-refractivity contribution is 0.190. The average molecular weight is 284 g/mol. The molecule has 19 heavy (non-hydrogen) atoms. The number of nitrogens with zero attached hydrogens (tertiary/aromatic N) is 2. The predicted molar refractivity (Wildman–Crippen MR) is 79.3 cm³/mol. The number of hydrogen-bond donors (Lipinski definition) is 0. The summed E-state index contributed by atoms with van der Waals surface area (Å²) in [5.74, 6) is 1.32. The lowest BCUT2D eigenvalue weighted by Crippen LogP contribution is -2.39. The van der Waals surface area contributed by atoms with Gasteiger partial charge in [0.25, 0.3) is 5.24 Å². The molecule has 0 radical (unpaired) electrons. The van der Waals surface area contributed by atoms with Gasteiger partial charge in [0.2, 0.25) is 0 Å². The van der Waals surface area contributed by atoms with Crippen LogP contribution in [0.1, 0.15) is 52.5 Å². The van der Waals surface area contributed by atoms with Crippen molar-refractivity contribution in [1.82, 2.24) is 10.1 Å². The van der Waals surface area contributed by atoms with E-state index in [0.29, 0.717) is 5.75 Å². The molecule has 0 atom stereocenters. The van der Waals surface area contributed by atoms with Gasteiger partial charge in [0.05, 0.1) is 11.4 Å². The van der Waals surface area contributed by atoms with Crippen molar-refractivity contribution in [2.45, 2.75) is 65.3 Å². The smallest absolute Gasteiger partial charge is 0.282 e. The van der Waals surface area contributed by atoms with Gasteiger partial charge in [-0.2, -0.15) is 0 Å². The lowest BCUT2D eigenvalue weighted by Gasteiger charge is -2.30. The van der Waals surface area contributed by atoms with Gasteiger partial charge in [0.1, 0.15) is 5.76 Å². The number of amides is 1. The molecule has 1 aromatic heterocycles. The maximum absolute atomic E-state index is 12.2. The highest BCUT2D eigenvalue weighted by molar-refractivity contribution is 8.12. The topological polar surface area (TPSA) is 46.3 Å². The van der Waals surface area contributed by atoms with E-state index in [2.05, 4.69) is 12.1 Å². The SMILES string of the molecule is CCCc1cc(CSC(=O)N(C(C)C)C(C)C)on1. The largest absolute Gasteiger partial charge is 0.360 e. The Morgan fingerprint density at radius 3 is 2.53 bits per heavy atom. The summed E-state index contributed by atoms with van der Waals surface area (Å²) >= 11 is 1.28. The van der Waals surface area contributed by atoms with E-state index in [0.717, 1.165) is 24.3 Å². The first kappa shape index (κ1) is 16.1. The molecule has 0 spiro atoms. The van der Waals surface area contributed by atoms with Gasteiger partial charge in [0.15, 0.2) is 0 Å². The molecule has 0 aliphatic rings. The monoisotopic (exact) mass is 284 g/mol. The molecule has 0 aromatic carbocycles. The van der Waals surface area contributed by atoms with Crippen molar-refractivity contribution in [3.8, 4) is 0 Å². The number of carbonyl (C=O) groups is 1. The van der Waals surface area contributed by atoms with Crippen LogP contribution in [0.25, 0.3) is 0 Å². The summed E-state index contributed by atoms with van der Waals surface area (Å²) in [6.07, 6.45) is 1.97. The molecule has 5 heteroatoms. The highest BCUT2D eigenvalue weighted by Crippen LogP contribution is 2.20. The van der Waals surface area contributed by atoms with Gasteiger partial charge in [0, 0.05) is 18.2 Å². The van der Waals surface area contributed by atoms with E-state index >= 15 is 0 Å². The third-order valence-electron chi connectivity index (χ3n) is 2.78. The van der Waals surface area contributed by atoms with Crippen molar-refractivity contribution in [3.05, 3.63) is 17.5 Å². The summed E-state index contributed by atoms with van der Waals surface area (Å²) in [5, 5.41) is 4.08. The Bertz CT molecular complexity index is 394. The Kier molecular flexibility index (Phi) is 6.42. The summed E-state index contributed by atoms with van der Waals surface area (Å²) in [6.45, 7) is 10.2. The molecule has 0 saturated heterocycles. The van der Waals surface area contributed by atoms with E-state index in [-0.39, 0.29) is 17.3 Å². The molecule has 1 amide bonds. The summed E-state index contributed by atoms with van der Waals surface area (Å²) in [5.41, 5.74) is 0.968. The van der Waals surface area contributed by atoms with Crippen molar-refractivity contribution in [2.24, 2.45) is 0 Å². The minimum absolute atomic E-state index is 0.0958. The quantitative estimate of drug-likeness (QED) is 0.789. The van der Waals surface area contributed by atoms with E-state index in [1.54, 1.807) is 0 Å². The van der Waals surface area contributed by atoms with Gasteiger partial charge >= 0.3 is 0 Å². The van der Waals surface area contributed by atoms with Gasteiger partial charge in [-0.15, -0.1) is 0 Å². The number of aromatic nitrogens is 1. The second kappa shape index (κ2) is 7.58. The highest BCUT2D eigenvalue weighted by Gasteiger charge is 2.20. The molecule has 1 rings (SSSR count). The van der Waals surface area contributed by atoms with E-state index < -0.39 is 0 Å². The zero-order valence-corrected chi connectivity index (χ0v) is 13.3. The Hall–Kier alpha value is -0.970. The van der Waals surface area contributed by atoms with Crippen molar-refractivity contribution in [1.29, 1.82) is 0 Å². The van der Waals surface area contributed by atoms with Gasteiger partial charge in [-0.1, -0.05) is 30.3 Å². The second-order valence-corrected chi connectivity index (χ2v) is 6.11. The van der Waals surface area contributed by atoms with Crippen LogP contribution in [0.5, 0.6) is 0 Å². The van der Waals surface area contributed by atoms with Crippen LogP contribution < -0.4 is 0 Å². The highest BCUT2D eigenvalue weighted by atomic mass is 32.2. The zero-order chi connectivity index (χ0) is 14.4. The van der Waals surface area contributed by atoms with Crippen LogP contribution in [-0.2, 0) is 12.2 Å². The number of rotatable bonds is 6. The summed E-state index contributed by atoms with van der Waals surface area (Å²) < 4.78 is 5.23. The maximum atomic E-state index is 12.2. The average Bonchev–Trinajstić information content (AvgIpc) is 2.74. The van der Waals surface area contributed by atoms with Crippen LogP contribution in [0.15, 0.2) is 10.6 Å². The van der Waals surface area contributed by atoms with Crippen LogP contribution in [0, 0.1) is 0 Å². The third-order valence-corrected chi connectivity index (χ3v) is 3.66. The lowest BCUT2D eigenvalue weighted by atomic mass is 10.2. The fraction of sp³-hybridized carbons (Fsp3) is 0.714. The van der Waals surface area contributed by atoms with Crippen LogP contribution in [0.3, 0.4) is 0 Å². The maximum Gasteiger partial charge on any atom is 0.282 e. The van der Waals surface area contributed by atoms with Crippen molar-refractivity contribution in [3.63, 3.8) is 0 Å². The minimum atomic E-state index is 0.0958. The Labute approximate surface area is 119 Å².